The molecule has 2 amide bonds. The number of nitrogens with two attached hydrogens (primary N) is 1. The molecule has 33 heavy (non-hydrogen) atoms. The molecule has 4 rings (SSSR count). The molecule has 2 N–H and O–H groups in total. The SMILES string of the molecule is [C-]#[N+]c1c(Cl)cc(C(C)n2nc(C)c3c(N)ncnc32)c(OC)c1C1CN(C(=O)N(C)C)C1. The van der Waals surface area contributed by atoms with Gasteiger partial charge in [0.15, 0.2) is 5.65 Å². The number of halogens is 1. The minimum absolute atomic E-state index is 0.0633. The molecule has 1 aliphatic heterocycles. The molecule has 11 heteroatoms. The Hall–Kier alpha value is -3.58. The number of rotatable bonds is 4. The molecule has 0 radical (unpaired) electrons. The molecule has 0 spiro atoms. The average molecular weight is 469 g/mol. The smallest absolute Gasteiger partial charge is 0.319 e. The van der Waals surface area contributed by atoms with Crippen LogP contribution >= 0.6 is 11.6 Å². The van der Waals surface area contributed by atoms with Crippen LogP contribution in [0.4, 0.5) is 16.3 Å². The van der Waals surface area contributed by atoms with Gasteiger partial charge in [0.1, 0.15) is 17.9 Å². The minimum atomic E-state index is -0.318. The summed E-state index contributed by atoms with van der Waals surface area (Å²) in [6, 6.07) is 1.36. The van der Waals surface area contributed by atoms with Crippen LogP contribution in [0.2, 0.25) is 5.02 Å². The molecule has 3 heterocycles. The quantitative estimate of drug-likeness (QED) is 0.586. The number of hydrogen-bond acceptors (Lipinski definition) is 6. The third-order valence-corrected chi connectivity index (χ3v) is 6.33. The Labute approximate surface area is 196 Å². The van der Waals surface area contributed by atoms with Crippen molar-refractivity contribution in [3.8, 4) is 5.75 Å². The fourth-order valence-electron chi connectivity index (χ4n) is 4.36. The Morgan fingerprint density at radius 1 is 1.39 bits per heavy atom. The van der Waals surface area contributed by atoms with E-state index in [9.17, 15) is 4.79 Å². The lowest BCUT2D eigenvalue weighted by Gasteiger charge is -2.42. The molecule has 1 aliphatic rings. The number of carbonyl (C=O) groups excluding carboxylic acids is 1. The maximum Gasteiger partial charge on any atom is 0.319 e. The van der Waals surface area contributed by atoms with E-state index in [1.807, 2.05) is 13.8 Å². The molecule has 0 aliphatic carbocycles. The molecule has 1 saturated heterocycles. The van der Waals surface area contributed by atoms with Gasteiger partial charge >= 0.3 is 6.03 Å². The van der Waals surface area contributed by atoms with Gasteiger partial charge in [0.05, 0.1) is 30.8 Å². The van der Waals surface area contributed by atoms with Crippen molar-refractivity contribution in [1.29, 1.82) is 0 Å². The fourth-order valence-corrected chi connectivity index (χ4v) is 4.63. The Morgan fingerprint density at radius 2 is 2.09 bits per heavy atom. The normalized spacial score (nSPS) is 14.6. The van der Waals surface area contributed by atoms with Crippen LogP contribution in [0.15, 0.2) is 12.4 Å². The molecule has 0 bridgehead atoms. The predicted molar refractivity (Wildman–Crippen MR) is 126 cm³/mol. The van der Waals surface area contributed by atoms with Crippen molar-refractivity contribution in [1.82, 2.24) is 29.5 Å². The number of carbonyl (C=O) groups is 1. The van der Waals surface area contributed by atoms with Gasteiger partial charge in [-0.3, -0.25) is 0 Å². The summed E-state index contributed by atoms with van der Waals surface area (Å²) in [5, 5.41) is 5.69. The molecule has 2 aromatic heterocycles. The molecule has 1 atom stereocenters. The molecule has 0 saturated carbocycles. The summed E-state index contributed by atoms with van der Waals surface area (Å²) >= 11 is 6.58. The highest BCUT2D eigenvalue weighted by molar-refractivity contribution is 6.33. The van der Waals surface area contributed by atoms with E-state index < -0.39 is 0 Å². The van der Waals surface area contributed by atoms with Gasteiger partial charge < -0.3 is 20.3 Å². The van der Waals surface area contributed by atoms with Crippen molar-refractivity contribution >= 4 is 40.2 Å². The number of benzene rings is 1. The zero-order chi connectivity index (χ0) is 24.0. The Bertz CT molecular complexity index is 1290. The summed E-state index contributed by atoms with van der Waals surface area (Å²) in [5.41, 5.74) is 9.21. The number of ether oxygens (including phenoxy) is 1. The second-order valence-electron chi connectivity index (χ2n) is 8.30. The number of hydrogen-bond donors (Lipinski definition) is 1. The topological polar surface area (TPSA) is 107 Å². The number of aryl methyl sites for hydroxylation is 1. The van der Waals surface area contributed by atoms with E-state index in [0.29, 0.717) is 52.0 Å². The maximum atomic E-state index is 12.3. The number of amides is 2. The Morgan fingerprint density at radius 3 is 2.70 bits per heavy atom. The van der Waals surface area contributed by atoms with E-state index >= 15 is 0 Å². The number of fused-ring (bicyclic) bond motifs is 1. The van der Waals surface area contributed by atoms with Crippen molar-refractivity contribution in [2.45, 2.75) is 25.8 Å². The summed E-state index contributed by atoms with van der Waals surface area (Å²) in [5.74, 6) is 0.875. The monoisotopic (exact) mass is 468 g/mol. The summed E-state index contributed by atoms with van der Waals surface area (Å²) in [6.07, 6.45) is 1.41. The molecule has 1 unspecified atom stereocenters. The van der Waals surface area contributed by atoms with Crippen LogP contribution in [0.5, 0.6) is 5.75 Å². The Balaban J connectivity index is 1.82. The average Bonchev–Trinajstić information content (AvgIpc) is 3.09. The highest BCUT2D eigenvalue weighted by Crippen LogP contribution is 2.48. The van der Waals surface area contributed by atoms with Gasteiger partial charge in [0, 0.05) is 49.3 Å². The molecule has 10 nitrogen and oxygen atoms in total. The number of anilines is 1. The summed E-state index contributed by atoms with van der Waals surface area (Å²) in [6.45, 7) is 12.5. The van der Waals surface area contributed by atoms with Crippen molar-refractivity contribution in [3.63, 3.8) is 0 Å². The van der Waals surface area contributed by atoms with E-state index in [2.05, 4.69) is 19.9 Å². The lowest BCUT2D eigenvalue weighted by molar-refractivity contribution is 0.127. The fraction of sp³-hybridized carbons (Fsp3) is 0.409. The first-order chi connectivity index (χ1) is 15.7. The van der Waals surface area contributed by atoms with Crippen LogP contribution in [0.1, 0.15) is 35.7 Å². The van der Waals surface area contributed by atoms with E-state index in [-0.39, 0.29) is 18.0 Å². The van der Waals surface area contributed by atoms with Crippen LogP contribution < -0.4 is 10.5 Å². The van der Waals surface area contributed by atoms with Gasteiger partial charge in [-0.05, 0) is 19.9 Å². The van der Waals surface area contributed by atoms with E-state index in [1.165, 1.54) is 11.2 Å². The molecule has 1 fully saturated rings. The van der Waals surface area contributed by atoms with Gasteiger partial charge in [-0.15, -0.1) is 0 Å². The van der Waals surface area contributed by atoms with Crippen molar-refractivity contribution in [2.24, 2.45) is 0 Å². The predicted octanol–water partition coefficient (Wildman–Crippen LogP) is 3.62. The minimum Gasteiger partial charge on any atom is -0.497 e. The third-order valence-electron chi connectivity index (χ3n) is 6.04. The van der Waals surface area contributed by atoms with Crippen LogP contribution in [-0.4, -0.2) is 69.9 Å². The second kappa shape index (κ2) is 8.41. The number of aromatic nitrogens is 4. The first kappa shape index (κ1) is 22.6. The third kappa shape index (κ3) is 3.58. The standard InChI is InChI=1S/C22H25ClN8O2/c1-11-16-20(24)26-10-27-21(16)31(28-11)12(2)14-7-15(23)18(25-3)17(19(14)33-6)13-8-30(9-13)22(32)29(4)5/h7,10,12-13H,8-9H2,1-2,4-6H3,(H2,24,26,27). The van der Waals surface area contributed by atoms with Crippen molar-refractivity contribution in [3.05, 3.63) is 45.7 Å². The van der Waals surface area contributed by atoms with Gasteiger partial charge in [0.2, 0.25) is 5.69 Å². The number of methoxy groups -OCH3 is 1. The first-order valence-corrected chi connectivity index (χ1v) is 10.8. The van der Waals surface area contributed by atoms with Gasteiger partial charge in [-0.2, -0.15) is 5.10 Å². The van der Waals surface area contributed by atoms with Crippen LogP contribution in [0.25, 0.3) is 15.9 Å². The first-order valence-electron chi connectivity index (χ1n) is 10.4. The number of urea groups is 1. The Kier molecular flexibility index (Phi) is 5.76. The number of nitrogens with zero attached hydrogens (tertiary/aromatic N) is 7. The van der Waals surface area contributed by atoms with Crippen LogP contribution in [-0.2, 0) is 0 Å². The highest BCUT2D eigenvalue weighted by Gasteiger charge is 2.38. The number of likely N-dealkylation sites (tertiary alicyclic amines) is 1. The highest BCUT2D eigenvalue weighted by atomic mass is 35.5. The largest absolute Gasteiger partial charge is 0.497 e. The summed E-state index contributed by atoms with van der Waals surface area (Å²) < 4.78 is 7.61. The maximum absolute atomic E-state index is 12.3. The molecule has 3 aromatic rings. The lowest BCUT2D eigenvalue weighted by Crippen LogP contribution is -2.52. The van der Waals surface area contributed by atoms with Gasteiger partial charge in [0.25, 0.3) is 0 Å². The van der Waals surface area contributed by atoms with Gasteiger partial charge in [-0.1, -0.05) is 11.6 Å². The van der Waals surface area contributed by atoms with Gasteiger partial charge in [-0.25, -0.2) is 24.3 Å². The summed E-state index contributed by atoms with van der Waals surface area (Å²) in [7, 11) is 5.00. The van der Waals surface area contributed by atoms with E-state index in [4.69, 9.17) is 28.6 Å². The number of nitrogen functional groups attached to an aromatic ring is 1. The molecule has 172 valence electrons. The zero-order valence-electron chi connectivity index (χ0n) is 19.1. The van der Waals surface area contributed by atoms with E-state index in [0.717, 1.165) is 11.3 Å². The summed E-state index contributed by atoms with van der Waals surface area (Å²) in [4.78, 5) is 27.7. The van der Waals surface area contributed by atoms with Crippen LogP contribution in [0.3, 0.4) is 0 Å². The zero-order valence-corrected chi connectivity index (χ0v) is 19.9. The lowest BCUT2D eigenvalue weighted by atomic mass is 9.87. The second-order valence-corrected chi connectivity index (χ2v) is 8.70. The van der Waals surface area contributed by atoms with Crippen molar-refractivity contribution in [2.75, 3.05) is 40.0 Å². The van der Waals surface area contributed by atoms with Crippen LogP contribution in [0, 0.1) is 13.5 Å². The van der Waals surface area contributed by atoms with E-state index in [1.54, 1.807) is 36.9 Å². The van der Waals surface area contributed by atoms with Crippen molar-refractivity contribution < 1.29 is 9.53 Å². The molecular formula is C22H25ClN8O2. The molecular weight excluding hydrogens is 444 g/mol. The molecule has 1 aromatic carbocycles.